The van der Waals surface area contributed by atoms with Crippen molar-refractivity contribution in [3.8, 4) is 0 Å². The molecule has 1 heterocycles. The van der Waals surface area contributed by atoms with E-state index in [9.17, 15) is 4.39 Å². The second-order valence-corrected chi connectivity index (χ2v) is 5.51. The van der Waals surface area contributed by atoms with Gasteiger partial charge in [-0.15, -0.1) is 0 Å². The SMILES string of the molecule is NC(=S)c1ccc(CN2CCC(CCO)C2)c(F)c1. The van der Waals surface area contributed by atoms with E-state index < -0.39 is 0 Å². The first kappa shape index (κ1) is 14.4. The largest absolute Gasteiger partial charge is 0.396 e. The van der Waals surface area contributed by atoms with Crippen molar-refractivity contribution >= 4 is 17.2 Å². The number of nitrogens with two attached hydrogens (primary N) is 1. The number of hydrogen-bond acceptors (Lipinski definition) is 3. The molecule has 1 aliphatic heterocycles. The zero-order chi connectivity index (χ0) is 13.8. The summed E-state index contributed by atoms with van der Waals surface area (Å²) in [5.41, 5.74) is 6.72. The van der Waals surface area contributed by atoms with Gasteiger partial charge in [0.2, 0.25) is 0 Å². The van der Waals surface area contributed by atoms with Gasteiger partial charge in [-0.1, -0.05) is 24.4 Å². The summed E-state index contributed by atoms with van der Waals surface area (Å²) in [7, 11) is 0. The van der Waals surface area contributed by atoms with E-state index in [2.05, 4.69) is 4.90 Å². The Balaban J connectivity index is 1.98. The van der Waals surface area contributed by atoms with Crippen LogP contribution in [0.4, 0.5) is 4.39 Å². The molecular weight excluding hydrogens is 263 g/mol. The Kier molecular flexibility index (Phi) is 4.85. The number of aliphatic hydroxyl groups excluding tert-OH is 1. The number of nitrogens with zero attached hydrogens (tertiary/aromatic N) is 1. The van der Waals surface area contributed by atoms with Crippen LogP contribution in [0, 0.1) is 11.7 Å². The molecule has 0 aliphatic carbocycles. The number of benzene rings is 1. The predicted molar refractivity (Wildman–Crippen MR) is 77.4 cm³/mol. The summed E-state index contributed by atoms with van der Waals surface area (Å²) in [6, 6.07) is 4.92. The second-order valence-electron chi connectivity index (χ2n) is 5.07. The van der Waals surface area contributed by atoms with Crippen LogP contribution in [0.3, 0.4) is 0 Å². The summed E-state index contributed by atoms with van der Waals surface area (Å²) in [4.78, 5) is 2.44. The normalized spacial score (nSPS) is 19.8. The average Bonchev–Trinajstić information content (AvgIpc) is 2.79. The topological polar surface area (TPSA) is 49.5 Å². The Labute approximate surface area is 118 Å². The van der Waals surface area contributed by atoms with Crippen molar-refractivity contribution in [2.24, 2.45) is 11.7 Å². The van der Waals surface area contributed by atoms with Crippen LogP contribution in [0.5, 0.6) is 0 Å². The van der Waals surface area contributed by atoms with Crippen LogP contribution in [0.2, 0.25) is 0 Å². The van der Waals surface area contributed by atoms with Crippen molar-refractivity contribution in [2.45, 2.75) is 19.4 Å². The molecule has 1 saturated heterocycles. The molecule has 1 aromatic carbocycles. The summed E-state index contributed by atoms with van der Waals surface area (Å²) in [5, 5.41) is 8.93. The monoisotopic (exact) mass is 282 g/mol. The molecular formula is C14H19FN2OS. The van der Waals surface area contributed by atoms with Crippen LogP contribution in [0.25, 0.3) is 0 Å². The van der Waals surface area contributed by atoms with Gasteiger partial charge in [0.05, 0.1) is 0 Å². The first-order chi connectivity index (χ1) is 9.10. The summed E-state index contributed by atoms with van der Waals surface area (Å²) < 4.78 is 13.9. The van der Waals surface area contributed by atoms with E-state index in [1.54, 1.807) is 12.1 Å². The van der Waals surface area contributed by atoms with Crippen molar-refractivity contribution in [3.63, 3.8) is 0 Å². The minimum atomic E-state index is -0.254. The Morgan fingerprint density at radius 2 is 2.32 bits per heavy atom. The van der Waals surface area contributed by atoms with E-state index >= 15 is 0 Å². The third-order valence-electron chi connectivity index (χ3n) is 3.64. The molecule has 1 unspecified atom stereocenters. The quantitative estimate of drug-likeness (QED) is 0.807. The lowest BCUT2D eigenvalue weighted by Gasteiger charge is -2.16. The second kappa shape index (κ2) is 6.41. The minimum absolute atomic E-state index is 0.217. The van der Waals surface area contributed by atoms with Crippen molar-refractivity contribution < 1.29 is 9.50 Å². The molecule has 1 aliphatic rings. The summed E-state index contributed by atoms with van der Waals surface area (Å²) in [6.45, 7) is 2.72. The van der Waals surface area contributed by atoms with Gasteiger partial charge in [-0.25, -0.2) is 4.39 Å². The van der Waals surface area contributed by atoms with Gasteiger partial charge < -0.3 is 10.8 Å². The van der Waals surface area contributed by atoms with E-state index in [-0.39, 0.29) is 17.4 Å². The molecule has 19 heavy (non-hydrogen) atoms. The van der Waals surface area contributed by atoms with Gasteiger partial charge in [-0.2, -0.15) is 0 Å². The molecule has 0 aromatic heterocycles. The molecule has 3 N–H and O–H groups in total. The molecule has 5 heteroatoms. The van der Waals surface area contributed by atoms with Crippen LogP contribution in [0.15, 0.2) is 18.2 Å². The summed E-state index contributed by atoms with van der Waals surface area (Å²) >= 11 is 4.83. The third kappa shape index (κ3) is 3.72. The minimum Gasteiger partial charge on any atom is -0.396 e. The standard InChI is InChI=1S/C14H19FN2OS/c15-13-7-11(14(16)19)1-2-12(13)9-17-5-3-10(8-17)4-6-18/h1-2,7,10,18H,3-6,8-9H2,(H2,16,19). The first-order valence-corrected chi connectivity index (χ1v) is 6.92. The fourth-order valence-corrected chi connectivity index (χ4v) is 2.67. The van der Waals surface area contributed by atoms with E-state index in [0.717, 1.165) is 25.9 Å². The molecule has 1 atom stereocenters. The van der Waals surface area contributed by atoms with Gasteiger partial charge >= 0.3 is 0 Å². The number of aliphatic hydroxyl groups is 1. The molecule has 104 valence electrons. The molecule has 0 saturated carbocycles. The Bertz CT molecular complexity index is 467. The van der Waals surface area contributed by atoms with Gasteiger partial charge in [-0.3, -0.25) is 4.90 Å². The summed E-state index contributed by atoms with van der Waals surface area (Å²) in [6.07, 6.45) is 1.91. The molecule has 1 fully saturated rings. The van der Waals surface area contributed by atoms with Gasteiger partial charge in [0.25, 0.3) is 0 Å². The highest BCUT2D eigenvalue weighted by molar-refractivity contribution is 7.80. The molecule has 3 nitrogen and oxygen atoms in total. The molecule has 0 amide bonds. The van der Waals surface area contributed by atoms with Crippen molar-refractivity contribution in [1.29, 1.82) is 0 Å². The number of thiocarbonyl (C=S) groups is 1. The van der Waals surface area contributed by atoms with Crippen LogP contribution in [-0.4, -0.2) is 34.7 Å². The Morgan fingerprint density at radius 1 is 1.53 bits per heavy atom. The van der Waals surface area contributed by atoms with Crippen LogP contribution < -0.4 is 5.73 Å². The van der Waals surface area contributed by atoms with Crippen molar-refractivity contribution in [3.05, 3.63) is 35.1 Å². The van der Waals surface area contributed by atoms with Gasteiger partial charge in [0, 0.05) is 30.8 Å². The van der Waals surface area contributed by atoms with Crippen molar-refractivity contribution in [2.75, 3.05) is 19.7 Å². The van der Waals surface area contributed by atoms with E-state index in [1.807, 2.05) is 0 Å². The smallest absolute Gasteiger partial charge is 0.128 e. The molecule has 1 aromatic rings. The zero-order valence-electron chi connectivity index (χ0n) is 10.8. The Morgan fingerprint density at radius 3 is 2.95 bits per heavy atom. The maximum Gasteiger partial charge on any atom is 0.128 e. The fraction of sp³-hybridized carbons (Fsp3) is 0.500. The first-order valence-electron chi connectivity index (χ1n) is 6.51. The predicted octanol–water partition coefficient (Wildman–Crippen LogP) is 1.66. The highest BCUT2D eigenvalue weighted by atomic mass is 32.1. The van der Waals surface area contributed by atoms with E-state index in [0.29, 0.717) is 23.6 Å². The maximum absolute atomic E-state index is 13.9. The van der Waals surface area contributed by atoms with Gasteiger partial charge in [0.1, 0.15) is 10.8 Å². The Hall–Kier alpha value is -1.04. The highest BCUT2D eigenvalue weighted by Gasteiger charge is 2.22. The number of likely N-dealkylation sites (tertiary alicyclic amines) is 1. The molecule has 2 rings (SSSR count). The molecule has 0 radical (unpaired) electrons. The lowest BCUT2D eigenvalue weighted by Crippen LogP contribution is -2.21. The van der Waals surface area contributed by atoms with Crippen LogP contribution in [0.1, 0.15) is 24.0 Å². The lowest BCUT2D eigenvalue weighted by atomic mass is 10.1. The summed E-state index contributed by atoms with van der Waals surface area (Å²) in [5.74, 6) is 0.278. The highest BCUT2D eigenvalue weighted by Crippen LogP contribution is 2.22. The van der Waals surface area contributed by atoms with Gasteiger partial charge in [-0.05, 0) is 31.4 Å². The van der Waals surface area contributed by atoms with Crippen LogP contribution >= 0.6 is 12.2 Å². The number of hydrogen-bond donors (Lipinski definition) is 2. The zero-order valence-corrected chi connectivity index (χ0v) is 11.6. The third-order valence-corrected chi connectivity index (χ3v) is 3.87. The number of halogens is 1. The van der Waals surface area contributed by atoms with Crippen LogP contribution in [-0.2, 0) is 6.54 Å². The van der Waals surface area contributed by atoms with Gasteiger partial charge in [0.15, 0.2) is 0 Å². The molecule has 0 bridgehead atoms. The average molecular weight is 282 g/mol. The molecule has 0 spiro atoms. The fourth-order valence-electron chi connectivity index (χ4n) is 2.54. The number of rotatable bonds is 5. The van der Waals surface area contributed by atoms with E-state index in [1.165, 1.54) is 6.07 Å². The maximum atomic E-state index is 13.9. The van der Waals surface area contributed by atoms with E-state index in [4.69, 9.17) is 23.1 Å². The lowest BCUT2D eigenvalue weighted by molar-refractivity contribution is 0.248. The van der Waals surface area contributed by atoms with Crippen molar-refractivity contribution in [1.82, 2.24) is 4.90 Å².